The van der Waals surface area contributed by atoms with Gasteiger partial charge >= 0.3 is 6.18 Å². The Morgan fingerprint density at radius 1 is 1.26 bits per heavy atom. The van der Waals surface area contributed by atoms with Gasteiger partial charge in [-0.2, -0.15) is 13.2 Å². The van der Waals surface area contributed by atoms with E-state index in [1.165, 1.54) is 11.9 Å². The summed E-state index contributed by atoms with van der Waals surface area (Å²) in [6.07, 6.45) is -2.66. The van der Waals surface area contributed by atoms with Gasteiger partial charge in [0.05, 0.1) is 0 Å². The van der Waals surface area contributed by atoms with Crippen molar-refractivity contribution in [2.45, 2.75) is 13.1 Å². The zero-order valence-electron chi connectivity index (χ0n) is 10.6. The molecule has 2 aromatic rings. The third kappa shape index (κ3) is 2.89. The van der Waals surface area contributed by atoms with Gasteiger partial charge < -0.3 is 10.6 Å². The molecule has 0 bridgehead atoms. The van der Waals surface area contributed by atoms with Crippen LogP contribution in [-0.2, 0) is 0 Å². The predicted molar refractivity (Wildman–Crippen MR) is 70.2 cm³/mol. The smallest absolute Gasteiger partial charge is 0.398 e. The van der Waals surface area contributed by atoms with E-state index in [9.17, 15) is 13.2 Å². The average molecular weight is 269 g/mol. The van der Waals surface area contributed by atoms with Crippen LogP contribution in [0.4, 0.5) is 24.5 Å². The van der Waals surface area contributed by atoms with Crippen LogP contribution in [0.25, 0.3) is 10.8 Å². The highest BCUT2D eigenvalue weighted by Crippen LogP contribution is 2.31. The summed E-state index contributed by atoms with van der Waals surface area (Å²) in [6, 6.07) is 4.94. The molecular formula is C13H14F3N3. The number of nitrogens with two attached hydrogens (primary N) is 1. The van der Waals surface area contributed by atoms with Crippen molar-refractivity contribution in [1.29, 1.82) is 0 Å². The Labute approximate surface area is 108 Å². The first kappa shape index (κ1) is 13.5. The summed E-state index contributed by atoms with van der Waals surface area (Å²) in [5.41, 5.74) is 7.56. The molecule has 1 aromatic heterocycles. The molecule has 0 aliphatic rings. The number of hydrogen-bond acceptors (Lipinski definition) is 3. The Balaban J connectivity index is 2.54. The second-order valence-electron chi connectivity index (χ2n) is 4.52. The average Bonchev–Trinajstić information content (AvgIpc) is 2.26. The molecule has 2 N–H and O–H groups in total. The molecule has 0 amide bonds. The monoisotopic (exact) mass is 269 g/mol. The number of anilines is 2. The summed E-state index contributed by atoms with van der Waals surface area (Å²) in [4.78, 5) is 5.29. The quantitative estimate of drug-likeness (QED) is 0.852. The van der Waals surface area contributed by atoms with Crippen molar-refractivity contribution in [2.24, 2.45) is 0 Å². The standard InChI is InChI=1S/C13H14F3N3/c1-8-5-9-10(6-18-8)11(17)3-4-12(9)19(2)7-13(14,15)16/h3-6H,7,17H2,1-2H3. The van der Waals surface area contributed by atoms with E-state index in [2.05, 4.69) is 4.98 Å². The van der Waals surface area contributed by atoms with Gasteiger partial charge in [-0.1, -0.05) is 0 Å². The SMILES string of the molecule is Cc1cc2c(N(C)CC(F)(F)F)ccc(N)c2cn1. The van der Waals surface area contributed by atoms with Crippen molar-refractivity contribution in [1.82, 2.24) is 4.98 Å². The fraction of sp³-hybridized carbons (Fsp3) is 0.308. The van der Waals surface area contributed by atoms with Crippen LogP contribution in [0.3, 0.4) is 0 Å². The molecule has 0 atom stereocenters. The van der Waals surface area contributed by atoms with Gasteiger partial charge in [0.15, 0.2) is 0 Å². The Kier molecular flexibility index (Phi) is 3.26. The summed E-state index contributed by atoms with van der Waals surface area (Å²) >= 11 is 0. The van der Waals surface area contributed by atoms with Crippen LogP contribution < -0.4 is 10.6 Å². The Morgan fingerprint density at radius 2 is 1.95 bits per heavy atom. The molecule has 0 unspecified atom stereocenters. The third-order valence-electron chi connectivity index (χ3n) is 2.88. The Bertz CT molecular complexity index is 608. The summed E-state index contributed by atoms with van der Waals surface area (Å²) in [5, 5.41) is 1.34. The molecule has 0 saturated carbocycles. The van der Waals surface area contributed by atoms with E-state index in [4.69, 9.17) is 5.73 Å². The second kappa shape index (κ2) is 4.60. The molecule has 0 aliphatic heterocycles. The second-order valence-corrected chi connectivity index (χ2v) is 4.52. The van der Waals surface area contributed by atoms with Gasteiger partial charge in [-0.25, -0.2) is 0 Å². The minimum Gasteiger partial charge on any atom is -0.398 e. The van der Waals surface area contributed by atoms with E-state index in [1.807, 2.05) is 0 Å². The van der Waals surface area contributed by atoms with Gasteiger partial charge in [0, 0.05) is 41.1 Å². The number of benzene rings is 1. The van der Waals surface area contributed by atoms with E-state index in [0.29, 0.717) is 22.1 Å². The molecule has 3 nitrogen and oxygen atoms in total. The van der Waals surface area contributed by atoms with Gasteiger partial charge in [0.1, 0.15) is 6.54 Å². The van der Waals surface area contributed by atoms with E-state index in [-0.39, 0.29) is 0 Å². The minimum absolute atomic E-state index is 0.493. The summed E-state index contributed by atoms with van der Waals surface area (Å²) in [6.45, 7) is 0.781. The molecule has 19 heavy (non-hydrogen) atoms. The van der Waals surface area contributed by atoms with E-state index < -0.39 is 12.7 Å². The lowest BCUT2D eigenvalue weighted by Gasteiger charge is -2.23. The van der Waals surface area contributed by atoms with Crippen LogP contribution in [0.15, 0.2) is 24.4 Å². The van der Waals surface area contributed by atoms with Crippen molar-refractivity contribution in [3.8, 4) is 0 Å². The number of pyridine rings is 1. The molecule has 0 saturated heterocycles. The lowest BCUT2D eigenvalue weighted by molar-refractivity contribution is -0.119. The van der Waals surface area contributed by atoms with Crippen molar-refractivity contribution < 1.29 is 13.2 Å². The third-order valence-corrected chi connectivity index (χ3v) is 2.88. The number of alkyl halides is 3. The number of nitrogens with zero attached hydrogens (tertiary/aromatic N) is 2. The highest BCUT2D eigenvalue weighted by Gasteiger charge is 2.29. The maximum atomic E-state index is 12.5. The molecule has 0 fully saturated rings. The first-order valence-electron chi connectivity index (χ1n) is 5.70. The van der Waals surface area contributed by atoms with Crippen molar-refractivity contribution in [2.75, 3.05) is 24.2 Å². The first-order chi connectivity index (χ1) is 8.78. The van der Waals surface area contributed by atoms with Crippen LogP contribution in [0.1, 0.15) is 5.69 Å². The van der Waals surface area contributed by atoms with E-state index >= 15 is 0 Å². The fourth-order valence-corrected chi connectivity index (χ4v) is 2.04. The molecule has 0 radical (unpaired) electrons. The molecular weight excluding hydrogens is 255 g/mol. The number of nitrogen functional groups attached to an aromatic ring is 1. The summed E-state index contributed by atoms with van der Waals surface area (Å²) in [5.74, 6) is 0. The van der Waals surface area contributed by atoms with Gasteiger partial charge in [-0.15, -0.1) is 0 Å². The largest absolute Gasteiger partial charge is 0.405 e. The number of fused-ring (bicyclic) bond motifs is 1. The molecule has 1 heterocycles. The fourth-order valence-electron chi connectivity index (χ4n) is 2.04. The zero-order chi connectivity index (χ0) is 14.2. The molecule has 0 aliphatic carbocycles. The van der Waals surface area contributed by atoms with Crippen molar-refractivity contribution in [3.05, 3.63) is 30.1 Å². The Morgan fingerprint density at radius 3 is 2.58 bits per heavy atom. The van der Waals surface area contributed by atoms with Crippen LogP contribution in [-0.4, -0.2) is 24.8 Å². The number of halogens is 3. The van der Waals surface area contributed by atoms with Gasteiger partial charge in [0.2, 0.25) is 0 Å². The zero-order valence-corrected chi connectivity index (χ0v) is 10.6. The molecule has 0 spiro atoms. The van der Waals surface area contributed by atoms with Crippen molar-refractivity contribution >= 4 is 22.1 Å². The van der Waals surface area contributed by atoms with Crippen LogP contribution in [0.5, 0.6) is 0 Å². The highest BCUT2D eigenvalue weighted by atomic mass is 19.4. The van der Waals surface area contributed by atoms with Gasteiger partial charge in [-0.05, 0) is 25.1 Å². The predicted octanol–water partition coefficient (Wildman–Crippen LogP) is 3.12. The van der Waals surface area contributed by atoms with E-state index in [0.717, 1.165) is 5.69 Å². The number of aromatic nitrogens is 1. The van der Waals surface area contributed by atoms with Crippen LogP contribution in [0.2, 0.25) is 0 Å². The molecule has 2 rings (SSSR count). The topological polar surface area (TPSA) is 42.1 Å². The van der Waals surface area contributed by atoms with Crippen LogP contribution in [0, 0.1) is 6.92 Å². The Hall–Kier alpha value is -1.98. The van der Waals surface area contributed by atoms with Crippen molar-refractivity contribution in [3.63, 3.8) is 0 Å². The van der Waals surface area contributed by atoms with Gasteiger partial charge in [0.25, 0.3) is 0 Å². The molecule has 102 valence electrons. The highest BCUT2D eigenvalue weighted by molar-refractivity contribution is 6.01. The molecule has 6 heteroatoms. The van der Waals surface area contributed by atoms with E-state index in [1.54, 1.807) is 31.3 Å². The lowest BCUT2D eigenvalue weighted by Crippen LogP contribution is -2.31. The number of rotatable bonds is 2. The maximum absolute atomic E-state index is 12.5. The molecule has 1 aromatic carbocycles. The normalized spacial score (nSPS) is 11.8. The number of hydrogen-bond donors (Lipinski definition) is 1. The lowest BCUT2D eigenvalue weighted by atomic mass is 10.1. The first-order valence-corrected chi connectivity index (χ1v) is 5.70. The number of aryl methyl sites for hydroxylation is 1. The maximum Gasteiger partial charge on any atom is 0.405 e. The summed E-state index contributed by atoms with van der Waals surface area (Å²) in [7, 11) is 1.41. The van der Waals surface area contributed by atoms with Gasteiger partial charge in [-0.3, -0.25) is 4.98 Å². The van der Waals surface area contributed by atoms with Crippen LogP contribution >= 0.6 is 0 Å². The summed E-state index contributed by atoms with van der Waals surface area (Å²) < 4.78 is 37.4. The minimum atomic E-state index is -4.25.